The molecule has 1 saturated heterocycles. The number of nitrogens with one attached hydrogen (secondary N) is 1. The molecule has 1 aliphatic rings. The maximum absolute atomic E-state index is 13.5. The molecule has 106 valence electrons. The third kappa shape index (κ3) is 3.42. The second-order valence-corrected chi connectivity index (χ2v) is 6.44. The molecule has 1 aliphatic heterocycles. The zero-order valence-corrected chi connectivity index (χ0v) is 11.5. The van der Waals surface area contributed by atoms with Crippen LogP contribution in [-0.4, -0.2) is 38.5 Å². The van der Waals surface area contributed by atoms with Crippen LogP contribution in [-0.2, 0) is 16.6 Å². The van der Waals surface area contributed by atoms with Crippen molar-refractivity contribution in [3.8, 4) is 0 Å². The van der Waals surface area contributed by atoms with Crippen LogP contribution in [0.15, 0.2) is 18.2 Å². The smallest absolute Gasteiger partial charge is 0.245 e. The standard InChI is InChI=1S/C11H13ClF2N2O2S/c12-10-3-1-2-8(11(10)14)4-5-15-19(17,18)16-6-9(13)7-16/h1-3,9,15H,4-7H2. The first kappa shape index (κ1) is 14.6. The monoisotopic (exact) mass is 310 g/mol. The minimum absolute atomic E-state index is 0.00312. The van der Waals surface area contributed by atoms with Crippen LogP contribution >= 0.6 is 11.6 Å². The topological polar surface area (TPSA) is 49.4 Å². The van der Waals surface area contributed by atoms with Crippen LogP contribution in [0.2, 0.25) is 5.02 Å². The fourth-order valence-electron chi connectivity index (χ4n) is 1.73. The molecular weight excluding hydrogens is 298 g/mol. The maximum Gasteiger partial charge on any atom is 0.279 e. The molecule has 0 amide bonds. The molecule has 0 bridgehead atoms. The summed E-state index contributed by atoms with van der Waals surface area (Å²) in [6.07, 6.45) is -0.916. The summed E-state index contributed by atoms with van der Waals surface area (Å²) in [6, 6.07) is 4.56. The second-order valence-electron chi connectivity index (χ2n) is 4.28. The molecule has 0 aliphatic carbocycles. The van der Waals surface area contributed by atoms with Gasteiger partial charge >= 0.3 is 0 Å². The average Bonchev–Trinajstić information content (AvgIpc) is 2.30. The predicted octanol–water partition coefficient (Wildman–Crippen LogP) is 1.51. The highest BCUT2D eigenvalue weighted by Crippen LogP contribution is 2.18. The molecule has 0 aromatic heterocycles. The van der Waals surface area contributed by atoms with Crippen molar-refractivity contribution in [3.05, 3.63) is 34.6 Å². The fraction of sp³-hybridized carbons (Fsp3) is 0.455. The van der Waals surface area contributed by atoms with Crippen LogP contribution in [0.1, 0.15) is 5.56 Å². The van der Waals surface area contributed by atoms with Crippen molar-refractivity contribution in [3.63, 3.8) is 0 Å². The van der Waals surface area contributed by atoms with Crippen molar-refractivity contribution >= 4 is 21.8 Å². The number of hydrogen-bond acceptors (Lipinski definition) is 2. The molecule has 1 N–H and O–H groups in total. The van der Waals surface area contributed by atoms with Crippen molar-refractivity contribution in [2.45, 2.75) is 12.6 Å². The molecule has 1 aromatic carbocycles. The van der Waals surface area contributed by atoms with Crippen molar-refractivity contribution in [1.82, 2.24) is 9.03 Å². The van der Waals surface area contributed by atoms with E-state index in [0.717, 1.165) is 4.31 Å². The molecule has 1 aromatic rings. The highest BCUT2D eigenvalue weighted by Gasteiger charge is 2.35. The SMILES string of the molecule is O=S(=O)(NCCc1cccc(Cl)c1F)N1CC(F)C1. The second kappa shape index (κ2) is 5.70. The molecule has 0 atom stereocenters. The zero-order chi connectivity index (χ0) is 14.0. The molecule has 19 heavy (non-hydrogen) atoms. The van der Waals surface area contributed by atoms with Crippen molar-refractivity contribution in [2.24, 2.45) is 0 Å². The Bertz CT molecular complexity index is 562. The Balaban J connectivity index is 1.88. The van der Waals surface area contributed by atoms with E-state index in [4.69, 9.17) is 11.6 Å². The lowest BCUT2D eigenvalue weighted by Crippen LogP contribution is -2.55. The minimum Gasteiger partial charge on any atom is -0.245 e. The van der Waals surface area contributed by atoms with E-state index in [0.29, 0.717) is 5.56 Å². The summed E-state index contributed by atoms with van der Waals surface area (Å²) in [5.41, 5.74) is 0.335. The third-order valence-corrected chi connectivity index (χ3v) is 4.69. The molecule has 0 unspecified atom stereocenters. The van der Waals surface area contributed by atoms with Crippen molar-refractivity contribution in [1.29, 1.82) is 0 Å². The van der Waals surface area contributed by atoms with E-state index in [9.17, 15) is 17.2 Å². The Morgan fingerprint density at radius 1 is 1.42 bits per heavy atom. The summed E-state index contributed by atoms with van der Waals surface area (Å²) in [6.45, 7) is -0.214. The third-order valence-electron chi connectivity index (χ3n) is 2.85. The molecule has 1 heterocycles. The number of hydrogen-bond donors (Lipinski definition) is 1. The highest BCUT2D eigenvalue weighted by atomic mass is 35.5. The molecule has 2 rings (SSSR count). The molecule has 4 nitrogen and oxygen atoms in total. The van der Waals surface area contributed by atoms with Gasteiger partial charge in [-0.1, -0.05) is 23.7 Å². The Labute approximate surface area is 115 Å². The van der Waals surface area contributed by atoms with E-state index >= 15 is 0 Å². The number of alkyl halides is 1. The normalized spacial score (nSPS) is 17.4. The van der Waals surface area contributed by atoms with Crippen LogP contribution in [0.4, 0.5) is 8.78 Å². The van der Waals surface area contributed by atoms with E-state index in [1.165, 1.54) is 12.1 Å². The van der Waals surface area contributed by atoms with Gasteiger partial charge in [-0.05, 0) is 18.1 Å². The van der Waals surface area contributed by atoms with Crippen molar-refractivity contribution < 1.29 is 17.2 Å². The summed E-state index contributed by atoms with van der Waals surface area (Å²) >= 11 is 5.62. The van der Waals surface area contributed by atoms with Crippen LogP contribution in [0, 0.1) is 5.82 Å². The van der Waals surface area contributed by atoms with Gasteiger partial charge in [0.15, 0.2) is 0 Å². The summed E-state index contributed by atoms with van der Waals surface area (Å²) in [4.78, 5) is 0. The van der Waals surface area contributed by atoms with Crippen molar-refractivity contribution in [2.75, 3.05) is 19.6 Å². The first-order valence-corrected chi connectivity index (χ1v) is 7.53. The van der Waals surface area contributed by atoms with Gasteiger partial charge in [0, 0.05) is 19.6 Å². The summed E-state index contributed by atoms with van der Waals surface area (Å²) in [5, 5.41) is 0.00312. The first-order chi connectivity index (χ1) is 8.90. The molecule has 0 spiro atoms. The lowest BCUT2D eigenvalue weighted by Gasteiger charge is -2.32. The summed E-state index contributed by atoms with van der Waals surface area (Å²) in [5.74, 6) is -0.545. The molecule has 0 saturated carbocycles. The van der Waals surface area contributed by atoms with Gasteiger partial charge < -0.3 is 0 Å². The number of rotatable bonds is 5. The quantitative estimate of drug-likeness (QED) is 0.896. The largest absolute Gasteiger partial charge is 0.279 e. The maximum atomic E-state index is 13.5. The summed E-state index contributed by atoms with van der Waals surface area (Å²) < 4.78 is 52.7. The van der Waals surface area contributed by atoms with Crippen LogP contribution in [0.25, 0.3) is 0 Å². The van der Waals surface area contributed by atoms with Gasteiger partial charge in [-0.2, -0.15) is 12.7 Å². The predicted molar refractivity (Wildman–Crippen MR) is 68.5 cm³/mol. The lowest BCUT2D eigenvalue weighted by molar-refractivity contribution is 0.140. The number of benzene rings is 1. The van der Waals surface area contributed by atoms with Gasteiger partial charge in [0.1, 0.15) is 12.0 Å². The van der Waals surface area contributed by atoms with Crippen LogP contribution < -0.4 is 4.72 Å². The molecule has 0 radical (unpaired) electrons. The van der Waals surface area contributed by atoms with Gasteiger partial charge in [-0.3, -0.25) is 0 Å². The Hall–Kier alpha value is -0.760. The van der Waals surface area contributed by atoms with Crippen LogP contribution in [0.3, 0.4) is 0 Å². The average molecular weight is 311 g/mol. The van der Waals surface area contributed by atoms with Gasteiger partial charge in [-0.15, -0.1) is 0 Å². The Kier molecular flexibility index (Phi) is 4.39. The van der Waals surface area contributed by atoms with E-state index in [1.807, 2.05) is 0 Å². The minimum atomic E-state index is -3.66. The molecular formula is C11H13ClF2N2O2S. The number of halogens is 3. The molecule has 1 fully saturated rings. The highest BCUT2D eigenvalue weighted by molar-refractivity contribution is 7.87. The Morgan fingerprint density at radius 3 is 2.74 bits per heavy atom. The van der Waals surface area contributed by atoms with Crippen LogP contribution in [0.5, 0.6) is 0 Å². The summed E-state index contributed by atoms with van der Waals surface area (Å²) in [7, 11) is -3.66. The number of nitrogens with zero attached hydrogens (tertiary/aromatic N) is 1. The zero-order valence-electron chi connectivity index (χ0n) is 9.94. The fourth-order valence-corrected chi connectivity index (χ4v) is 3.18. The molecule has 8 heteroatoms. The Morgan fingerprint density at radius 2 is 2.11 bits per heavy atom. The van der Waals surface area contributed by atoms with Gasteiger partial charge in [0.05, 0.1) is 5.02 Å². The van der Waals surface area contributed by atoms with E-state index in [-0.39, 0.29) is 31.1 Å². The van der Waals surface area contributed by atoms with Gasteiger partial charge in [0.25, 0.3) is 10.2 Å². The first-order valence-electron chi connectivity index (χ1n) is 5.72. The van der Waals surface area contributed by atoms with E-state index < -0.39 is 22.2 Å². The van der Waals surface area contributed by atoms with E-state index in [2.05, 4.69) is 4.72 Å². The van der Waals surface area contributed by atoms with E-state index in [1.54, 1.807) is 6.07 Å². The lowest BCUT2D eigenvalue weighted by atomic mass is 10.1. The van der Waals surface area contributed by atoms with Gasteiger partial charge in [0.2, 0.25) is 0 Å². The van der Waals surface area contributed by atoms with Gasteiger partial charge in [-0.25, -0.2) is 13.5 Å².